The molecule has 0 aromatic carbocycles. The number of aromatic nitrogens is 1. The lowest BCUT2D eigenvalue weighted by atomic mass is 10.0. The molecule has 1 rings (SSSR count). The number of hydrogen-bond donors (Lipinski definition) is 4. The molecular formula is C15H20F2N4O4. The average Bonchev–Trinajstić information content (AvgIpc) is 2.52. The van der Waals surface area contributed by atoms with Gasteiger partial charge in [-0.05, 0) is 19.9 Å². The van der Waals surface area contributed by atoms with Gasteiger partial charge in [0, 0.05) is 18.0 Å². The van der Waals surface area contributed by atoms with E-state index >= 15 is 0 Å². The fourth-order valence-electron chi connectivity index (χ4n) is 1.79. The number of primary amides is 1. The number of rotatable bonds is 8. The Morgan fingerprint density at radius 2 is 2.08 bits per heavy atom. The van der Waals surface area contributed by atoms with E-state index in [9.17, 15) is 23.5 Å². The molecule has 1 unspecified atom stereocenters. The zero-order valence-electron chi connectivity index (χ0n) is 13.8. The Balaban J connectivity index is 3.13. The third-order valence-electron chi connectivity index (χ3n) is 3.23. The van der Waals surface area contributed by atoms with Crippen molar-refractivity contribution >= 4 is 17.4 Å². The van der Waals surface area contributed by atoms with E-state index in [1.54, 1.807) is 0 Å². The van der Waals surface area contributed by atoms with Gasteiger partial charge in [-0.1, -0.05) is 0 Å². The maximum atomic E-state index is 12.5. The molecule has 0 aliphatic carbocycles. The first-order valence-electron chi connectivity index (χ1n) is 7.17. The van der Waals surface area contributed by atoms with Crippen LogP contribution in [0.3, 0.4) is 0 Å². The molecular weight excluding hydrogens is 338 g/mol. The topological polar surface area (TPSA) is 141 Å². The first kappa shape index (κ1) is 20.3. The Morgan fingerprint density at radius 3 is 2.56 bits per heavy atom. The number of amides is 2. The van der Waals surface area contributed by atoms with E-state index in [0.717, 1.165) is 0 Å². The second-order valence-corrected chi connectivity index (χ2v) is 5.45. The van der Waals surface area contributed by atoms with Gasteiger partial charge in [0.05, 0.1) is 17.9 Å². The van der Waals surface area contributed by atoms with Crippen LogP contribution < -0.4 is 21.5 Å². The van der Waals surface area contributed by atoms with E-state index in [2.05, 4.69) is 10.3 Å². The second-order valence-electron chi connectivity index (χ2n) is 5.45. The van der Waals surface area contributed by atoms with Crippen LogP contribution in [0.4, 0.5) is 8.78 Å². The highest BCUT2D eigenvalue weighted by Crippen LogP contribution is 2.21. The van der Waals surface area contributed by atoms with Crippen molar-refractivity contribution in [3.8, 4) is 5.75 Å². The number of aliphatic hydroxyl groups is 1. The number of allylic oxidation sites excluding steroid dienone is 1. The molecule has 0 aliphatic heterocycles. The van der Waals surface area contributed by atoms with Crippen LogP contribution in [0, 0.1) is 0 Å². The fourth-order valence-corrected chi connectivity index (χ4v) is 1.79. The van der Waals surface area contributed by atoms with Crippen LogP contribution in [0.2, 0.25) is 0 Å². The van der Waals surface area contributed by atoms with Crippen molar-refractivity contribution in [1.82, 2.24) is 10.3 Å². The molecule has 0 saturated carbocycles. The van der Waals surface area contributed by atoms with E-state index < -0.39 is 37.0 Å². The lowest BCUT2D eigenvalue weighted by Gasteiger charge is -2.25. The molecule has 0 saturated heterocycles. The molecule has 0 aliphatic rings. The number of alkyl halides is 2. The number of carbonyl (C=O) groups excluding carboxylic acids is 2. The lowest BCUT2D eigenvalue weighted by Crippen LogP contribution is -2.58. The van der Waals surface area contributed by atoms with Crippen molar-refractivity contribution in [2.45, 2.75) is 25.8 Å². The summed E-state index contributed by atoms with van der Waals surface area (Å²) in [5.41, 5.74) is 9.18. The smallest absolute Gasteiger partial charge is 0.272 e. The van der Waals surface area contributed by atoms with Crippen LogP contribution in [0.5, 0.6) is 5.75 Å². The zero-order valence-corrected chi connectivity index (χ0v) is 13.8. The summed E-state index contributed by atoms with van der Waals surface area (Å²) in [6, 6.07) is 2.60. The van der Waals surface area contributed by atoms with E-state index in [0.29, 0.717) is 0 Å². The van der Waals surface area contributed by atoms with Gasteiger partial charge in [0.15, 0.2) is 0 Å². The molecule has 1 aromatic rings. The minimum absolute atomic E-state index is 0.0500. The number of nitrogens with zero attached hydrogens (tertiary/aromatic N) is 1. The first-order valence-corrected chi connectivity index (χ1v) is 7.17. The summed E-state index contributed by atoms with van der Waals surface area (Å²) < 4.78 is 29.3. The minimum Gasteiger partial charge on any atom is -0.488 e. The number of pyridine rings is 1. The van der Waals surface area contributed by atoms with Crippen LogP contribution in [0.25, 0.3) is 5.57 Å². The van der Waals surface area contributed by atoms with E-state index in [4.69, 9.17) is 16.2 Å². The molecule has 2 amide bonds. The predicted octanol–water partition coefficient (Wildman–Crippen LogP) is -0.232. The molecule has 6 N–H and O–H groups in total. The second kappa shape index (κ2) is 8.38. The average molecular weight is 358 g/mol. The Hall–Kier alpha value is -2.75. The van der Waals surface area contributed by atoms with Gasteiger partial charge < -0.3 is 26.6 Å². The van der Waals surface area contributed by atoms with E-state index in [1.807, 2.05) is 0 Å². The normalized spacial score (nSPS) is 14.5. The Bertz CT molecular complexity index is 677. The Morgan fingerprint density at radius 1 is 1.44 bits per heavy atom. The minimum atomic E-state index is -2.66. The number of carbonyl (C=O) groups is 2. The van der Waals surface area contributed by atoms with Gasteiger partial charge in [-0.25, -0.2) is 8.78 Å². The number of nitrogens with one attached hydrogen (secondary N) is 1. The Labute approximate surface area is 142 Å². The monoisotopic (exact) mass is 358 g/mol. The summed E-state index contributed by atoms with van der Waals surface area (Å²) in [6.45, 7) is 1.12. The summed E-state index contributed by atoms with van der Waals surface area (Å²) in [7, 11) is 0. The molecule has 0 radical (unpaired) electrons. The quantitative estimate of drug-likeness (QED) is 0.473. The zero-order chi connectivity index (χ0) is 19.2. The van der Waals surface area contributed by atoms with Crippen LogP contribution in [0.15, 0.2) is 24.0 Å². The largest absolute Gasteiger partial charge is 0.488 e. The number of hydrogen-bond acceptors (Lipinski definition) is 6. The van der Waals surface area contributed by atoms with Gasteiger partial charge in [-0.2, -0.15) is 0 Å². The van der Waals surface area contributed by atoms with Crippen LogP contribution in [-0.4, -0.2) is 47.1 Å². The first-order chi connectivity index (χ1) is 11.6. The molecule has 8 nitrogen and oxygen atoms in total. The Kier molecular flexibility index (Phi) is 6.80. The highest BCUT2D eigenvalue weighted by Gasteiger charge is 2.34. The molecule has 0 bridgehead atoms. The fraction of sp³-hybridized carbons (Fsp3) is 0.400. The lowest BCUT2D eigenvalue weighted by molar-refractivity contribution is -0.130. The standard InChI is InChI=1S/C15H20F2N4O4/c1-8(18)12(13(23)21-15(2,7-22)14(19)24)10-5-9(3-4-20-10)25-6-11(16)17/h3-5,11,22H,6-7,18H2,1-2H3,(H2,19,24)(H,21,23)/b12-8+. The van der Waals surface area contributed by atoms with Crippen molar-refractivity contribution in [1.29, 1.82) is 0 Å². The summed E-state index contributed by atoms with van der Waals surface area (Å²) in [6.07, 6.45) is -1.40. The maximum absolute atomic E-state index is 12.5. The maximum Gasteiger partial charge on any atom is 0.272 e. The molecule has 1 aromatic heterocycles. The molecule has 138 valence electrons. The number of aliphatic hydroxyl groups excluding tert-OH is 1. The third kappa shape index (κ3) is 5.38. The van der Waals surface area contributed by atoms with Crippen molar-refractivity contribution in [2.24, 2.45) is 11.5 Å². The third-order valence-corrected chi connectivity index (χ3v) is 3.23. The van der Waals surface area contributed by atoms with Gasteiger partial charge in [-0.15, -0.1) is 0 Å². The van der Waals surface area contributed by atoms with Crippen molar-refractivity contribution in [2.75, 3.05) is 13.2 Å². The summed E-state index contributed by atoms with van der Waals surface area (Å²) in [5.74, 6) is -1.69. The van der Waals surface area contributed by atoms with Crippen molar-refractivity contribution in [3.63, 3.8) is 0 Å². The SMILES string of the molecule is C/C(N)=C(\C(=O)NC(C)(CO)C(N)=O)c1cc(OCC(F)F)ccn1. The van der Waals surface area contributed by atoms with Gasteiger partial charge in [0.25, 0.3) is 12.3 Å². The number of halogens is 2. The van der Waals surface area contributed by atoms with Gasteiger partial charge in [-0.3, -0.25) is 14.6 Å². The van der Waals surface area contributed by atoms with Crippen molar-refractivity contribution in [3.05, 3.63) is 29.7 Å². The summed E-state index contributed by atoms with van der Waals surface area (Å²) >= 11 is 0. The molecule has 25 heavy (non-hydrogen) atoms. The van der Waals surface area contributed by atoms with Gasteiger partial charge >= 0.3 is 0 Å². The van der Waals surface area contributed by atoms with Crippen molar-refractivity contribution < 1.29 is 28.2 Å². The van der Waals surface area contributed by atoms with Crippen LogP contribution in [0.1, 0.15) is 19.5 Å². The number of ether oxygens (including phenoxy) is 1. The van der Waals surface area contributed by atoms with E-state index in [-0.39, 0.29) is 22.7 Å². The molecule has 0 spiro atoms. The molecule has 10 heteroatoms. The molecule has 0 fully saturated rings. The summed E-state index contributed by atoms with van der Waals surface area (Å²) in [4.78, 5) is 27.9. The predicted molar refractivity (Wildman–Crippen MR) is 85.3 cm³/mol. The molecule has 1 heterocycles. The van der Waals surface area contributed by atoms with Crippen LogP contribution >= 0.6 is 0 Å². The highest BCUT2D eigenvalue weighted by molar-refractivity contribution is 6.20. The van der Waals surface area contributed by atoms with Gasteiger partial charge in [0.1, 0.15) is 17.9 Å². The highest BCUT2D eigenvalue weighted by atomic mass is 19.3. The van der Waals surface area contributed by atoms with Crippen LogP contribution in [-0.2, 0) is 9.59 Å². The summed E-state index contributed by atoms with van der Waals surface area (Å²) in [5, 5.41) is 11.6. The molecule has 1 atom stereocenters. The van der Waals surface area contributed by atoms with E-state index in [1.165, 1.54) is 32.2 Å². The number of nitrogens with two attached hydrogens (primary N) is 2. The van der Waals surface area contributed by atoms with Gasteiger partial charge in [0.2, 0.25) is 5.91 Å².